The summed E-state index contributed by atoms with van der Waals surface area (Å²) in [6, 6.07) is 9.45. The van der Waals surface area contributed by atoms with Gasteiger partial charge in [-0.1, -0.05) is 12.1 Å². The third kappa shape index (κ3) is 2.23. The zero-order valence-electron chi connectivity index (χ0n) is 12.3. The lowest BCUT2D eigenvalue weighted by Gasteiger charge is -2.31. The van der Waals surface area contributed by atoms with E-state index in [0.717, 1.165) is 12.0 Å². The second kappa shape index (κ2) is 5.57. The maximum absolute atomic E-state index is 12.4. The van der Waals surface area contributed by atoms with E-state index < -0.39 is 5.92 Å². The molecule has 0 amide bonds. The Morgan fingerprint density at radius 2 is 2.23 bits per heavy atom. The molecular weight excluding hydrogens is 280 g/mol. The minimum atomic E-state index is -0.475. The lowest BCUT2D eigenvalue weighted by molar-refractivity contribution is -0.116. The quantitative estimate of drug-likeness (QED) is 0.906. The molecule has 1 aliphatic carbocycles. The largest absolute Gasteiger partial charge is 0.497 e. The fraction of sp³-hybridized carbons (Fsp3) is 0.294. The van der Waals surface area contributed by atoms with Crippen LogP contribution in [0.2, 0.25) is 0 Å². The van der Waals surface area contributed by atoms with Gasteiger partial charge in [0.05, 0.1) is 13.0 Å². The smallest absolute Gasteiger partial charge is 0.205 e. The van der Waals surface area contributed by atoms with E-state index in [0.29, 0.717) is 29.9 Å². The van der Waals surface area contributed by atoms with Gasteiger partial charge in [0, 0.05) is 18.4 Å². The van der Waals surface area contributed by atoms with E-state index in [1.54, 1.807) is 7.11 Å². The predicted molar refractivity (Wildman–Crippen MR) is 79.5 cm³/mol. The van der Waals surface area contributed by atoms with Crippen LogP contribution in [0.4, 0.5) is 0 Å². The summed E-state index contributed by atoms with van der Waals surface area (Å²) in [6.07, 6.45) is 1.89. The van der Waals surface area contributed by atoms with Crippen molar-refractivity contribution < 1.29 is 14.3 Å². The Balaban J connectivity index is 2.18. The van der Waals surface area contributed by atoms with Crippen LogP contribution in [-0.4, -0.2) is 12.9 Å². The molecule has 1 aliphatic heterocycles. The molecule has 22 heavy (non-hydrogen) atoms. The van der Waals surface area contributed by atoms with Gasteiger partial charge in [-0.05, 0) is 24.1 Å². The van der Waals surface area contributed by atoms with Gasteiger partial charge < -0.3 is 15.2 Å². The summed E-state index contributed by atoms with van der Waals surface area (Å²) >= 11 is 0. The number of nitrogens with two attached hydrogens (primary N) is 1. The molecule has 1 aromatic carbocycles. The minimum Gasteiger partial charge on any atom is -0.497 e. The highest BCUT2D eigenvalue weighted by atomic mass is 16.5. The molecule has 1 heterocycles. The SMILES string of the molecule is COc1cccc(C2C(C#N)=C(N)OC3=C2C(=O)CCC3)c1. The molecule has 2 N–H and O–H groups in total. The van der Waals surface area contributed by atoms with Crippen molar-refractivity contribution in [2.75, 3.05) is 7.11 Å². The summed E-state index contributed by atoms with van der Waals surface area (Å²) in [5.41, 5.74) is 7.55. The summed E-state index contributed by atoms with van der Waals surface area (Å²) in [7, 11) is 1.58. The van der Waals surface area contributed by atoms with Crippen LogP contribution in [0.1, 0.15) is 30.7 Å². The maximum atomic E-state index is 12.4. The lowest BCUT2D eigenvalue weighted by atomic mass is 9.77. The van der Waals surface area contributed by atoms with Gasteiger partial charge in [-0.2, -0.15) is 5.26 Å². The molecule has 5 heteroatoms. The van der Waals surface area contributed by atoms with Crippen molar-refractivity contribution in [3.05, 3.63) is 52.6 Å². The number of rotatable bonds is 2. The first-order valence-electron chi connectivity index (χ1n) is 7.13. The molecule has 112 valence electrons. The normalized spacial score (nSPS) is 21.1. The van der Waals surface area contributed by atoms with Gasteiger partial charge in [0.1, 0.15) is 23.2 Å². The van der Waals surface area contributed by atoms with Crippen LogP contribution in [0.15, 0.2) is 47.1 Å². The van der Waals surface area contributed by atoms with Gasteiger partial charge in [0.2, 0.25) is 5.88 Å². The molecule has 1 unspecified atom stereocenters. The number of benzene rings is 1. The van der Waals surface area contributed by atoms with Crippen molar-refractivity contribution in [3.8, 4) is 11.8 Å². The van der Waals surface area contributed by atoms with Crippen molar-refractivity contribution >= 4 is 5.78 Å². The second-order valence-corrected chi connectivity index (χ2v) is 5.31. The van der Waals surface area contributed by atoms with Crippen LogP contribution < -0.4 is 10.5 Å². The van der Waals surface area contributed by atoms with E-state index >= 15 is 0 Å². The van der Waals surface area contributed by atoms with Crippen LogP contribution in [0.5, 0.6) is 5.75 Å². The summed E-state index contributed by atoms with van der Waals surface area (Å²) in [5.74, 6) is 0.903. The third-order valence-corrected chi connectivity index (χ3v) is 4.03. The fourth-order valence-electron chi connectivity index (χ4n) is 3.01. The number of ether oxygens (including phenoxy) is 2. The van der Waals surface area contributed by atoms with Gasteiger partial charge in [-0.15, -0.1) is 0 Å². The Labute approximate surface area is 128 Å². The predicted octanol–water partition coefficient (Wildman–Crippen LogP) is 2.51. The average molecular weight is 296 g/mol. The first kappa shape index (κ1) is 14.2. The maximum Gasteiger partial charge on any atom is 0.205 e. The van der Waals surface area contributed by atoms with Crippen molar-refractivity contribution in [1.82, 2.24) is 0 Å². The number of nitrogens with zero attached hydrogens (tertiary/aromatic N) is 1. The molecular formula is C17H16N2O3. The lowest BCUT2D eigenvalue weighted by Crippen LogP contribution is -2.27. The highest BCUT2D eigenvalue weighted by Gasteiger charge is 2.37. The number of hydrogen-bond acceptors (Lipinski definition) is 5. The number of allylic oxidation sites excluding steroid dienone is 3. The second-order valence-electron chi connectivity index (χ2n) is 5.31. The Hall–Kier alpha value is -2.74. The third-order valence-electron chi connectivity index (χ3n) is 4.03. The highest BCUT2D eigenvalue weighted by Crippen LogP contribution is 2.43. The van der Waals surface area contributed by atoms with Crippen molar-refractivity contribution in [2.24, 2.45) is 5.73 Å². The Kier molecular flexibility index (Phi) is 3.60. The first-order valence-corrected chi connectivity index (χ1v) is 7.13. The molecule has 1 aromatic rings. The summed E-state index contributed by atoms with van der Waals surface area (Å²) in [6.45, 7) is 0. The zero-order valence-corrected chi connectivity index (χ0v) is 12.3. The molecule has 3 rings (SSSR count). The molecule has 2 aliphatic rings. The Morgan fingerprint density at radius 3 is 2.95 bits per heavy atom. The van der Waals surface area contributed by atoms with Crippen LogP contribution >= 0.6 is 0 Å². The molecule has 0 saturated carbocycles. The number of Topliss-reactive ketones (excluding diaryl/α,β-unsaturated/α-hetero) is 1. The summed E-state index contributed by atoms with van der Waals surface area (Å²) < 4.78 is 10.8. The van der Waals surface area contributed by atoms with Gasteiger partial charge in [0.15, 0.2) is 5.78 Å². The van der Waals surface area contributed by atoms with E-state index in [9.17, 15) is 10.1 Å². The molecule has 0 aromatic heterocycles. The summed E-state index contributed by atoms with van der Waals surface area (Å²) in [4.78, 5) is 12.4. The standard InChI is InChI=1S/C17H16N2O3/c1-21-11-5-2-4-10(8-11)15-12(9-18)17(19)22-14-7-3-6-13(20)16(14)15/h2,4-5,8,15H,3,6-7,19H2,1H3. The van der Waals surface area contributed by atoms with Crippen LogP contribution in [0.3, 0.4) is 0 Å². The van der Waals surface area contributed by atoms with Crippen molar-refractivity contribution in [3.63, 3.8) is 0 Å². The first-order chi connectivity index (χ1) is 10.7. The Bertz CT molecular complexity index is 741. The molecule has 0 fully saturated rings. The number of ketones is 1. The molecule has 0 saturated heterocycles. The number of carbonyl (C=O) groups is 1. The van der Waals surface area contributed by atoms with E-state index in [4.69, 9.17) is 15.2 Å². The number of nitriles is 1. The summed E-state index contributed by atoms with van der Waals surface area (Å²) in [5, 5.41) is 9.46. The highest BCUT2D eigenvalue weighted by molar-refractivity contribution is 5.99. The van der Waals surface area contributed by atoms with E-state index in [2.05, 4.69) is 6.07 Å². The minimum absolute atomic E-state index is 0.0225. The topological polar surface area (TPSA) is 85.3 Å². The van der Waals surface area contributed by atoms with Gasteiger partial charge in [-0.25, -0.2) is 0 Å². The molecule has 5 nitrogen and oxygen atoms in total. The molecule has 1 atom stereocenters. The van der Waals surface area contributed by atoms with Gasteiger partial charge in [0.25, 0.3) is 0 Å². The molecule has 0 bridgehead atoms. The van der Waals surface area contributed by atoms with E-state index in [1.165, 1.54) is 0 Å². The number of hydrogen-bond donors (Lipinski definition) is 1. The fourth-order valence-corrected chi connectivity index (χ4v) is 3.01. The number of carbonyl (C=O) groups excluding carboxylic acids is 1. The zero-order chi connectivity index (χ0) is 15.7. The molecule has 0 spiro atoms. The van der Waals surface area contributed by atoms with E-state index in [1.807, 2.05) is 24.3 Å². The van der Waals surface area contributed by atoms with E-state index in [-0.39, 0.29) is 17.2 Å². The van der Waals surface area contributed by atoms with Crippen LogP contribution in [0, 0.1) is 11.3 Å². The van der Waals surface area contributed by atoms with Crippen molar-refractivity contribution in [2.45, 2.75) is 25.2 Å². The monoisotopic (exact) mass is 296 g/mol. The number of methoxy groups -OCH3 is 1. The van der Waals surface area contributed by atoms with Crippen LogP contribution in [-0.2, 0) is 9.53 Å². The van der Waals surface area contributed by atoms with Crippen molar-refractivity contribution in [1.29, 1.82) is 5.26 Å². The van der Waals surface area contributed by atoms with Gasteiger partial charge >= 0.3 is 0 Å². The Morgan fingerprint density at radius 1 is 1.41 bits per heavy atom. The van der Waals surface area contributed by atoms with Gasteiger partial charge in [-0.3, -0.25) is 4.79 Å². The molecule has 0 radical (unpaired) electrons. The average Bonchev–Trinajstić information content (AvgIpc) is 2.54. The van der Waals surface area contributed by atoms with Crippen LogP contribution in [0.25, 0.3) is 0 Å².